The average Bonchev–Trinajstić information content (AvgIpc) is 2.50. The highest BCUT2D eigenvalue weighted by molar-refractivity contribution is 5.90. The third-order valence-corrected chi connectivity index (χ3v) is 2.43. The summed E-state index contributed by atoms with van der Waals surface area (Å²) < 4.78 is 9.62. The van der Waals surface area contributed by atoms with Crippen LogP contribution in [0.4, 0.5) is 0 Å². The van der Waals surface area contributed by atoms with Crippen LogP contribution < -0.4 is 4.74 Å². The normalized spacial score (nSPS) is 12.2. The smallest absolute Gasteiger partial charge is 0.331 e. The van der Waals surface area contributed by atoms with E-state index in [1.165, 1.54) is 12.2 Å². The SMILES string of the molecule is COc1ccc(C=CC(=O)OCC(=O)C(O)CO)cc1. The monoisotopic (exact) mass is 280 g/mol. The lowest BCUT2D eigenvalue weighted by molar-refractivity contribution is -0.146. The first-order chi connectivity index (χ1) is 9.56. The van der Waals surface area contributed by atoms with Crippen LogP contribution >= 0.6 is 0 Å². The molecule has 1 aromatic carbocycles. The van der Waals surface area contributed by atoms with Gasteiger partial charge in [-0.05, 0) is 23.8 Å². The summed E-state index contributed by atoms with van der Waals surface area (Å²) in [6.07, 6.45) is 1.17. The second-order valence-electron chi connectivity index (χ2n) is 3.88. The fourth-order valence-electron chi connectivity index (χ4n) is 1.27. The quantitative estimate of drug-likeness (QED) is 0.546. The largest absolute Gasteiger partial charge is 0.497 e. The lowest BCUT2D eigenvalue weighted by Crippen LogP contribution is -2.28. The van der Waals surface area contributed by atoms with Crippen molar-refractivity contribution in [1.29, 1.82) is 0 Å². The number of hydrogen-bond donors (Lipinski definition) is 2. The molecule has 20 heavy (non-hydrogen) atoms. The minimum absolute atomic E-state index is 0.576. The molecule has 1 rings (SSSR count). The molecular weight excluding hydrogens is 264 g/mol. The Kier molecular flexibility index (Phi) is 6.42. The molecule has 0 fully saturated rings. The Morgan fingerprint density at radius 3 is 2.50 bits per heavy atom. The van der Waals surface area contributed by atoms with E-state index in [-0.39, 0.29) is 0 Å². The van der Waals surface area contributed by atoms with Crippen molar-refractivity contribution in [2.75, 3.05) is 20.3 Å². The molecule has 1 aromatic rings. The molecule has 0 aliphatic carbocycles. The minimum atomic E-state index is -1.52. The first kappa shape index (κ1) is 15.9. The van der Waals surface area contributed by atoms with Crippen LogP contribution in [0, 0.1) is 0 Å². The predicted molar refractivity (Wildman–Crippen MR) is 71.1 cm³/mol. The summed E-state index contributed by atoms with van der Waals surface area (Å²) in [4.78, 5) is 22.4. The lowest BCUT2D eigenvalue weighted by atomic mass is 10.2. The number of aliphatic hydroxyl groups excluding tert-OH is 2. The third kappa shape index (κ3) is 5.21. The van der Waals surface area contributed by atoms with Gasteiger partial charge < -0.3 is 19.7 Å². The Hall–Kier alpha value is -2.18. The molecule has 0 radical (unpaired) electrons. The van der Waals surface area contributed by atoms with Crippen LogP contribution in [0.5, 0.6) is 5.75 Å². The second-order valence-corrected chi connectivity index (χ2v) is 3.88. The fourth-order valence-corrected chi connectivity index (χ4v) is 1.27. The van der Waals surface area contributed by atoms with Gasteiger partial charge in [0.2, 0.25) is 5.78 Å². The molecule has 0 amide bonds. The minimum Gasteiger partial charge on any atom is -0.497 e. The van der Waals surface area contributed by atoms with E-state index < -0.39 is 31.1 Å². The highest BCUT2D eigenvalue weighted by Gasteiger charge is 2.14. The van der Waals surface area contributed by atoms with E-state index in [0.717, 1.165) is 5.56 Å². The Morgan fingerprint density at radius 2 is 1.95 bits per heavy atom. The number of carbonyl (C=O) groups excluding carboxylic acids is 2. The van der Waals surface area contributed by atoms with Gasteiger partial charge in [0, 0.05) is 6.08 Å². The maximum Gasteiger partial charge on any atom is 0.331 e. The first-order valence-corrected chi connectivity index (χ1v) is 5.87. The fraction of sp³-hybridized carbons (Fsp3) is 0.286. The number of ether oxygens (including phenoxy) is 2. The summed E-state index contributed by atoms with van der Waals surface area (Å²) in [6, 6.07) is 6.99. The summed E-state index contributed by atoms with van der Waals surface area (Å²) in [5.74, 6) is -0.758. The van der Waals surface area contributed by atoms with E-state index in [4.69, 9.17) is 14.9 Å². The molecule has 0 saturated carbocycles. The molecular formula is C14H16O6. The zero-order valence-electron chi connectivity index (χ0n) is 11.0. The molecule has 0 bridgehead atoms. The van der Waals surface area contributed by atoms with Gasteiger partial charge in [-0.3, -0.25) is 4.79 Å². The molecule has 0 aromatic heterocycles. The maximum absolute atomic E-state index is 11.3. The van der Waals surface area contributed by atoms with Crippen LogP contribution in [-0.4, -0.2) is 48.4 Å². The second kappa shape index (κ2) is 8.08. The summed E-state index contributed by atoms with van der Waals surface area (Å²) in [7, 11) is 1.56. The highest BCUT2D eigenvalue weighted by atomic mass is 16.5. The summed E-state index contributed by atoms with van der Waals surface area (Å²) in [6.45, 7) is -1.27. The third-order valence-electron chi connectivity index (χ3n) is 2.43. The predicted octanol–water partition coefficient (Wildman–Crippen LogP) is 0.174. The Balaban J connectivity index is 2.45. The maximum atomic E-state index is 11.3. The standard InChI is InChI=1S/C14H16O6/c1-19-11-5-2-10(3-6-11)4-7-14(18)20-9-13(17)12(16)8-15/h2-7,12,15-16H,8-9H2,1H3. The molecule has 1 unspecified atom stereocenters. The molecule has 0 spiro atoms. The van der Waals surface area contributed by atoms with Crippen LogP contribution in [0.1, 0.15) is 5.56 Å². The molecule has 0 heterocycles. The number of esters is 1. The van der Waals surface area contributed by atoms with Gasteiger partial charge in [-0.1, -0.05) is 12.1 Å². The van der Waals surface area contributed by atoms with Crippen molar-refractivity contribution in [3.05, 3.63) is 35.9 Å². The van der Waals surface area contributed by atoms with E-state index >= 15 is 0 Å². The number of hydrogen-bond acceptors (Lipinski definition) is 6. The van der Waals surface area contributed by atoms with Gasteiger partial charge in [0.05, 0.1) is 13.7 Å². The highest BCUT2D eigenvalue weighted by Crippen LogP contribution is 2.12. The van der Waals surface area contributed by atoms with Gasteiger partial charge in [0.1, 0.15) is 11.9 Å². The number of Topliss-reactive ketones (excluding diaryl/α,β-unsaturated/α-hetero) is 1. The molecule has 6 heteroatoms. The van der Waals surface area contributed by atoms with Gasteiger partial charge in [-0.25, -0.2) is 4.79 Å². The zero-order valence-corrected chi connectivity index (χ0v) is 11.0. The van der Waals surface area contributed by atoms with Crippen molar-refractivity contribution >= 4 is 17.8 Å². The zero-order chi connectivity index (χ0) is 15.0. The van der Waals surface area contributed by atoms with Crippen molar-refractivity contribution in [3.63, 3.8) is 0 Å². The van der Waals surface area contributed by atoms with Crippen molar-refractivity contribution < 1.29 is 29.3 Å². The van der Waals surface area contributed by atoms with Crippen LogP contribution in [0.3, 0.4) is 0 Å². The number of aliphatic hydroxyl groups is 2. The first-order valence-electron chi connectivity index (χ1n) is 5.87. The Morgan fingerprint density at radius 1 is 1.30 bits per heavy atom. The van der Waals surface area contributed by atoms with Crippen LogP contribution in [0.15, 0.2) is 30.3 Å². The Labute approximate surface area is 116 Å². The molecule has 0 aliphatic rings. The van der Waals surface area contributed by atoms with Crippen LogP contribution in [-0.2, 0) is 14.3 Å². The van der Waals surface area contributed by atoms with Crippen LogP contribution in [0.2, 0.25) is 0 Å². The topological polar surface area (TPSA) is 93.1 Å². The van der Waals surface area contributed by atoms with Crippen LogP contribution in [0.25, 0.3) is 6.08 Å². The number of carbonyl (C=O) groups is 2. The van der Waals surface area contributed by atoms with Gasteiger partial charge in [0.15, 0.2) is 6.61 Å². The lowest BCUT2D eigenvalue weighted by Gasteiger charge is -2.05. The molecule has 108 valence electrons. The molecule has 2 N–H and O–H groups in total. The number of rotatable bonds is 7. The van der Waals surface area contributed by atoms with Gasteiger partial charge >= 0.3 is 5.97 Å². The summed E-state index contributed by atoms with van der Waals surface area (Å²) in [5, 5.41) is 17.5. The average molecular weight is 280 g/mol. The van der Waals surface area contributed by atoms with Crippen molar-refractivity contribution in [2.24, 2.45) is 0 Å². The van der Waals surface area contributed by atoms with Gasteiger partial charge in [0.25, 0.3) is 0 Å². The molecule has 1 atom stereocenters. The molecule has 0 aliphatic heterocycles. The van der Waals surface area contributed by atoms with E-state index in [2.05, 4.69) is 4.74 Å². The number of ketones is 1. The van der Waals surface area contributed by atoms with E-state index in [9.17, 15) is 9.59 Å². The van der Waals surface area contributed by atoms with Gasteiger partial charge in [-0.15, -0.1) is 0 Å². The number of methoxy groups -OCH3 is 1. The van der Waals surface area contributed by atoms with Crippen molar-refractivity contribution in [1.82, 2.24) is 0 Å². The van der Waals surface area contributed by atoms with Gasteiger partial charge in [-0.2, -0.15) is 0 Å². The van der Waals surface area contributed by atoms with Crippen molar-refractivity contribution in [2.45, 2.75) is 6.10 Å². The summed E-state index contributed by atoms with van der Waals surface area (Å²) in [5.41, 5.74) is 0.768. The van der Waals surface area contributed by atoms with E-state index in [0.29, 0.717) is 5.75 Å². The van der Waals surface area contributed by atoms with E-state index in [1.807, 2.05) is 0 Å². The molecule has 6 nitrogen and oxygen atoms in total. The Bertz CT molecular complexity index is 477. The number of benzene rings is 1. The van der Waals surface area contributed by atoms with E-state index in [1.54, 1.807) is 31.4 Å². The molecule has 0 saturated heterocycles. The van der Waals surface area contributed by atoms with Crippen molar-refractivity contribution in [3.8, 4) is 5.75 Å². The summed E-state index contributed by atoms with van der Waals surface area (Å²) >= 11 is 0.